The number of aromatic nitrogens is 2. The fraction of sp³-hybridized carbons (Fsp3) is 0.643. The molecule has 1 aliphatic carbocycles. The van der Waals surface area contributed by atoms with E-state index in [9.17, 15) is 9.90 Å². The molecular formula is C14H19N3O3. The molecule has 2 aliphatic rings. The van der Waals surface area contributed by atoms with Crippen molar-refractivity contribution >= 4 is 11.9 Å². The molecule has 2 fully saturated rings. The topological polar surface area (TPSA) is 75.5 Å². The van der Waals surface area contributed by atoms with Gasteiger partial charge in [-0.15, -0.1) is 0 Å². The molecule has 0 spiro atoms. The number of rotatable bonds is 4. The predicted molar refractivity (Wildman–Crippen MR) is 72.6 cm³/mol. The van der Waals surface area contributed by atoms with Crippen molar-refractivity contribution in [1.29, 1.82) is 0 Å². The molecule has 1 saturated carbocycles. The van der Waals surface area contributed by atoms with Crippen molar-refractivity contribution in [3.8, 4) is 0 Å². The van der Waals surface area contributed by atoms with E-state index >= 15 is 0 Å². The maximum absolute atomic E-state index is 11.7. The first-order valence-corrected chi connectivity index (χ1v) is 7.01. The van der Waals surface area contributed by atoms with Crippen molar-refractivity contribution in [1.82, 2.24) is 9.97 Å². The van der Waals surface area contributed by atoms with E-state index in [0.717, 1.165) is 12.8 Å². The number of esters is 1. The predicted octanol–water partition coefficient (Wildman–Crippen LogP) is 0.923. The molecule has 108 valence electrons. The summed E-state index contributed by atoms with van der Waals surface area (Å²) < 4.78 is 4.95. The van der Waals surface area contributed by atoms with Crippen molar-refractivity contribution in [2.24, 2.45) is 5.92 Å². The highest BCUT2D eigenvalue weighted by Crippen LogP contribution is 2.45. The zero-order valence-corrected chi connectivity index (χ0v) is 11.8. The standard InChI is InChI=1S/C14H19N3O3/c1-3-20-12(18)11-6-15-13(16-9(11)2)17-7-14(19,8-17)10-4-5-10/h6,10,19H,3-5,7-8H2,1-2H3. The second-order valence-electron chi connectivity index (χ2n) is 5.62. The first-order chi connectivity index (χ1) is 9.53. The SMILES string of the molecule is CCOC(=O)c1cnc(N2CC(O)(C3CC3)C2)nc1C. The molecule has 6 heteroatoms. The monoisotopic (exact) mass is 277 g/mol. The van der Waals surface area contributed by atoms with Gasteiger partial charge in [-0.1, -0.05) is 0 Å². The van der Waals surface area contributed by atoms with Gasteiger partial charge in [-0.3, -0.25) is 0 Å². The lowest BCUT2D eigenvalue weighted by atomic mass is 9.89. The van der Waals surface area contributed by atoms with E-state index in [-0.39, 0.29) is 0 Å². The second kappa shape index (κ2) is 4.70. The van der Waals surface area contributed by atoms with Crippen LogP contribution in [0.5, 0.6) is 0 Å². The molecule has 0 unspecified atom stereocenters. The Morgan fingerprint density at radius 1 is 1.55 bits per heavy atom. The number of aliphatic hydroxyl groups is 1. The summed E-state index contributed by atoms with van der Waals surface area (Å²) in [6.07, 6.45) is 3.74. The minimum atomic E-state index is -0.558. The molecule has 1 saturated heterocycles. The van der Waals surface area contributed by atoms with Crippen LogP contribution in [0.1, 0.15) is 35.8 Å². The quantitative estimate of drug-likeness (QED) is 0.825. The third-order valence-corrected chi connectivity index (χ3v) is 4.01. The van der Waals surface area contributed by atoms with Gasteiger partial charge in [-0.2, -0.15) is 0 Å². The summed E-state index contributed by atoms with van der Waals surface area (Å²) in [6, 6.07) is 0. The Morgan fingerprint density at radius 3 is 2.80 bits per heavy atom. The lowest BCUT2D eigenvalue weighted by Gasteiger charge is -2.47. The largest absolute Gasteiger partial charge is 0.462 e. The van der Waals surface area contributed by atoms with Crippen LogP contribution in [0.25, 0.3) is 0 Å². The van der Waals surface area contributed by atoms with Crippen LogP contribution in [0.3, 0.4) is 0 Å². The van der Waals surface area contributed by atoms with Crippen LogP contribution in [0.4, 0.5) is 5.95 Å². The number of ether oxygens (including phenoxy) is 1. The number of β-amino-alcohol motifs (C(OH)–C–C–N with tert-alkyl or cyclic N) is 1. The minimum absolute atomic E-state index is 0.334. The third kappa shape index (κ3) is 2.24. The Bertz CT molecular complexity index is 536. The van der Waals surface area contributed by atoms with Gasteiger partial charge < -0.3 is 14.7 Å². The molecule has 3 rings (SSSR count). The lowest BCUT2D eigenvalue weighted by molar-refractivity contribution is -0.0103. The highest BCUT2D eigenvalue weighted by Gasteiger charge is 2.52. The van der Waals surface area contributed by atoms with Gasteiger partial charge in [0.15, 0.2) is 0 Å². The lowest BCUT2D eigenvalue weighted by Crippen LogP contribution is -2.63. The number of anilines is 1. The van der Waals surface area contributed by atoms with Gasteiger partial charge in [0.2, 0.25) is 5.95 Å². The molecule has 20 heavy (non-hydrogen) atoms. The number of carbonyl (C=O) groups is 1. The molecule has 1 aliphatic heterocycles. The van der Waals surface area contributed by atoms with Gasteiger partial charge in [0.25, 0.3) is 0 Å². The van der Waals surface area contributed by atoms with Gasteiger partial charge in [-0.25, -0.2) is 14.8 Å². The molecule has 6 nitrogen and oxygen atoms in total. The van der Waals surface area contributed by atoms with Gasteiger partial charge in [0, 0.05) is 6.20 Å². The highest BCUT2D eigenvalue weighted by atomic mass is 16.5. The molecule has 1 aromatic heterocycles. The summed E-state index contributed by atoms with van der Waals surface area (Å²) >= 11 is 0. The van der Waals surface area contributed by atoms with E-state index in [4.69, 9.17) is 4.74 Å². The Balaban J connectivity index is 1.70. The zero-order valence-electron chi connectivity index (χ0n) is 11.8. The van der Waals surface area contributed by atoms with E-state index in [1.165, 1.54) is 6.20 Å². The maximum atomic E-state index is 11.7. The summed E-state index contributed by atoms with van der Waals surface area (Å²) in [4.78, 5) is 22.2. The van der Waals surface area contributed by atoms with E-state index in [0.29, 0.717) is 42.8 Å². The molecule has 2 heterocycles. The molecule has 0 amide bonds. The molecule has 0 bridgehead atoms. The van der Waals surface area contributed by atoms with Crippen LogP contribution in [-0.2, 0) is 4.74 Å². The van der Waals surface area contributed by atoms with Crippen molar-refractivity contribution < 1.29 is 14.6 Å². The number of hydrogen-bond acceptors (Lipinski definition) is 6. The van der Waals surface area contributed by atoms with Gasteiger partial charge in [-0.05, 0) is 32.6 Å². The maximum Gasteiger partial charge on any atom is 0.341 e. The van der Waals surface area contributed by atoms with Crippen molar-refractivity contribution in [2.75, 3.05) is 24.6 Å². The molecule has 0 atom stereocenters. The van der Waals surface area contributed by atoms with E-state index in [1.807, 2.05) is 4.90 Å². The van der Waals surface area contributed by atoms with Crippen LogP contribution >= 0.6 is 0 Å². The smallest absolute Gasteiger partial charge is 0.341 e. The number of hydrogen-bond donors (Lipinski definition) is 1. The summed E-state index contributed by atoms with van der Waals surface area (Å²) in [5.41, 5.74) is 0.445. The molecule has 1 aromatic rings. The molecule has 0 radical (unpaired) electrons. The Morgan fingerprint density at radius 2 is 2.25 bits per heavy atom. The Kier molecular flexibility index (Phi) is 3.12. The Hall–Kier alpha value is -1.69. The molecule has 0 aromatic carbocycles. The van der Waals surface area contributed by atoms with Crippen LogP contribution in [-0.4, -0.2) is 46.3 Å². The summed E-state index contributed by atoms with van der Waals surface area (Å²) in [5, 5.41) is 10.3. The van der Waals surface area contributed by atoms with Crippen LogP contribution in [0, 0.1) is 12.8 Å². The first-order valence-electron chi connectivity index (χ1n) is 7.01. The van der Waals surface area contributed by atoms with Gasteiger partial charge in [0.05, 0.1) is 31.0 Å². The molecule has 1 N–H and O–H groups in total. The fourth-order valence-corrected chi connectivity index (χ4v) is 2.65. The first kappa shape index (κ1) is 13.3. The fourth-order valence-electron chi connectivity index (χ4n) is 2.65. The number of carbonyl (C=O) groups excluding carboxylic acids is 1. The van der Waals surface area contributed by atoms with Crippen molar-refractivity contribution in [3.63, 3.8) is 0 Å². The second-order valence-corrected chi connectivity index (χ2v) is 5.62. The van der Waals surface area contributed by atoms with E-state index < -0.39 is 11.6 Å². The Labute approximate surface area is 117 Å². The number of aryl methyl sites for hydroxylation is 1. The van der Waals surface area contributed by atoms with Gasteiger partial charge >= 0.3 is 5.97 Å². The third-order valence-electron chi connectivity index (χ3n) is 4.01. The van der Waals surface area contributed by atoms with Gasteiger partial charge in [0.1, 0.15) is 5.60 Å². The van der Waals surface area contributed by atoms with Crippen LogP contribution in [0.15, 0.2) is 6.20 Å². The summed E-state index contributed by atoms with van der Waals surface area (Å²) in [6.45, 7) is 5.03. The highest BCUT2D eigenvalue weighted by molar-refractivity contribution is 5.90. The van der Waals surface area contributed by atoms with E-state index in [1.54, 1.807) is 13.8 Å². The zero-order chi connectivity index (χ0) is 14.3. The average molecular weight is 277 g/mol. The normalized spacial score (nSPS) is 20.4. The molecular weight excluding hydrogens is 258 g/mol. The van der Waals surface area contributed by atoms with E-state index in [2.05, 4.69) is 9.97 Å². The van der Waals surface area contributed by atoms with Crippen molar-refractivity contribution in [3.05, 3.63) is 17.5 Å². The minimum Gasteiger partial charge on any atom is -0.462 e. The summed E-state index contributed by atoms with van der Waals surface area (Å²) in [7, 11) is 0. The van der Waals surface area contributed by atoms with Crippen molar-refractivity contribution in [2.45, 2.75) is 32.3 Å². The van der Waals surface area contributed by atoms with Crippen LogP contribution in [0.2, 0.25) is 0 Å². The van der Waals surface area contributed by atoms with Crippen LogP contribution < -0.4 is 4.90 Å². The summed E-state index contributed by atoms with van der Waals surface area (Å²) in [5.74, 6) is 0.620. The average Bonchev–Trinajstić information content (AvgIpc) is 3.19. The number of nitrogens with zero attached hydrogens (tertiary/aromatic N) is 3.